The number of aliphatic hydroxyl groups excluding tert-OH is 1. The average Bonchev–Trinajstić information content (AvgIpc) is 3.20. The van der Waals surface area contributed by atoms with E-state index in [2.05, 4.69) is 5.32 Å². The van der Waals surface area contributed by atoms with Crippen molar-refractivity contribution in [3.63, 3.8) is 0 Å². The lowest BCUT2D eigenvalue weighted by atomic mass is 10.2. The van der Waals surface area contributed by atoms with Crippen LogP contribution in [0.2, 0.25) is 0 Å². The van der Waals surface area contributed by atoms with Gasteiger partial charge in [0, 0.05) is 25.1 Å². The lowest BCUT2D eigenvalue weighted by Gasteiger charge is -2.09. The van der Waals surface area contributed by atoms with Gasteiger partial charge in [-0.1, -0.05) is 6.07 Å². The number of hydrogen-bond acceptors (Lipinski definition) is 5. The number of benzene rings is 1. The molecule has 0 radical (unpaired) electrons. The molecule has 1 saturated carbocycles. The number of hydrogen-bond donors (Lipinski definition) is 2. The highest BCUT2D eigenvalue weighted by molar-refractivity contribution is 5.48. The number of nitrogens with one attached hydrogen (secondary N) is 1. The Bertz CT molecular complexity index is 472. The van der Waals surface area contributed by atoms with Crippen molar-refractivity contribution in [3.05, 3.63) is 33.9 Å². The molecule has 1 aliphatic carbocycles. The molecule has 0 heterocycles. The van der Waals surface area contributed by atoms with Crippen molar-refractivity contribution >= 4 is 5.69 Å². The van der Waals surface area contributed by atoms with Crippen molar-refractivity contribution in [2.45, 2.75) is 44.9 Å². The highest BCUT2D eigenvalue weighted by Gasteiger charge is 2.21. The number of nitro benzene ring substituents is 1. The fraction of sp³-hybridized carbons (Fsp3) is 0.571. The standard InChI is InChI=1S/C14H20N2O4/c1-10(17)6-7-20-14-5-2-11(8-13(14)16(18)19)9-15-12-3-4-12/h2,5,8,10,12,15,17H,3-4,6-7,9H2,1H3. The van der Waals surface area contributed by atoms with E-state index in [9.17, 15) is 10.1 Å². The molecule has 1 aromatic rings. The van der Waals surface area contributed by atoms with Crippen molar-refractivity contribution in [2.75, 3.05) is 6.61 Å². The van der Waals surface area contributed by atoms with Gasteiger partial charge in [-0.2, -0.15) is 0 Å². The van der Waals surface area contributed by atoms with Crippen LogP contribution in [0.25, 0.3) is 0 Å². The van der Waals surface area contributed by atoms with Crippen molar-refractivity contribution in [3.8, 4) is 5.75 Å². The second-order valence-electron chi connectivity index (χ2n) is 5.20. The fourth-order valence-corrected chi connectivity index (χ4v) is 1.83. The summed E-state index contributed by atoms with van der Waals surface area (Å²) in [6.07, 6.45) is 2.34. The second kappa shape index (κ2) is 6.67. The molecule has 110 valence electrons. The summed E-state index contributed by atoms with van der Waals surface area (Å²) >= 11 is 0. The Morgan fingerprint density at radius 3 is 2.90 bits per heavy atom. The first-order chi connectivity index (χ1) is 9.56. The summed E-state index contributed by atoms with van der Waals surface area (Å²) < 4.78 is 5.38. The predicted octanol–water partition coefficient (Wildman–Crippen LogP) is 2.00. The second-order valence-corrected chi connectivity index (χ2v) is 5.20. The zero-order valence-corrected chi connectivity index (χ0v) is 11.5. The van der Waals surface area contributed by atoms with Crippen LogP contribution in [0.5, 0.6) is 5.75 Å². The molecule has 1 atom stereocenters. The third kappa shape index (κ3) is 4.47. The summed E-state index contributed by atoms with van der Waals surface area (Å²) in [7, 11) is 0. The Hall–Kier alpha value is -1.66. The molecule has 6 heteroatoms. The van der Waals surface area contributed by atoms with Gasteiger partial charge >= 0.3 is 5.69 Å². The maximum Gasteiger partial charge on any atom is 0.311 e. The molecule has 1 fully saturated rings. The Morgan fingerprint density at radius 2 is 2.30 bits per heavy atom. The molecule has 0 bridgehead atoms. The Labute approximate surface area is 117 Å². The number of nitrogens with zero attached hydrogens (tertiary/aromatic N) is 1. The molecule has 2 rings (SSSR count). The Morgan fingerprint density at radius 1 is 1.55 bits per heavy atom. The van der Waals surface area contributed by atoms with E-state index in [0.717, 1.165) is 5.56 Å². The maximum atomic E-state index is 11.1. The molecule has 1 unspecified atom stereocenters. The summed E-state index contributed by atoms with van der Waals surface area (Å²) in [5.74, 6) is 0.255. The van der Waals surface area contributed by atoms with E-state index in [4.69, 9.17) is 9.84 Å². The minimum absolute atomic E-state index is 0.0225. The highest BCUT2D eigenvalue weighted by atomic mass is 16.6. The van der Waals surface area contributed by atoms with Gasteiger partial charge in [0.2, 0.25) is 0 Å². The Kier molecular flexibility index (Phi) is 4.92. The van der Waals surface area contributed by atoms with Crippen molar-refractivity contribution in [1.29, 1.82) is 0 Å². The molecule has 1 aliphatic rings. The predicted molar refractivity (Wildman–Crippen MR) is 74.8 cm³/mol. The molecule has 0 aliphatic heterocycles. The SMILES string of the molecule is CC(O)CCOc1ccc(CNC2CC2)cc1[N+](=O)[O-]. The van der Waals surface area contributed by atoms with E-state index in [1.807, 2.05) is 6.07 Å². The molecule has 0 spiro atoms. The molecular weight excluding hydrogens is 260 g/mol. The molecule has 2 N–H and O–H groups in total. The van der Waals surface area contributed by atoms with Crippen LogP contribution in [0.15, 0.2) is 18.2 Å². The van der Waals surface area contributed by atoms with Gasteiger partial charge in [-0.05, 0) is 31.4 Å². The quantitative estimate of drug-likeness (QED) is 0.562. The van der Waals surface area contributed by atoms with Crippen molar-refractivity contribution < 1.29 is 14.8 Å². The molecule has 0 saturated heterocycles. The van der Waals surface area contributed by atoms with E-state index in [-0.39, 0.29) is 18.0 Å². The zero-order chi connectivity index (χ0) is 14.5. The summed E-state index contributed by atoms with van der Waals surface area (Å²) in [5, 5.41) is 23.6. The van der Waals surface area contributed by atoms with E-state index in [0.29, 0.717) is 19.0 Å². The van der Waals surface area contributed by atoms with Crippen LogP contribution >= 0.6 is 0 Å². The van der Waals surface area contributed by atoms with E-state index in [1.54, 1.807) is 19.1 Å². The first-order valence-electron chi connectivity index (χ1n) is 6.88. The van der Waals surface area contributed by atoms with Gasteiger partial charge in [0.15, 0.2) is 5.75 Å². The van der Waals surface area contributed by atoms with E-state index < -0.39 is 11.0 Å². The van der Waals surface area contributed by atoms with Crippen LogP contribution in [0.1, 0.15) is 31.7 Å². The Balaban J connectivity index is 2.00. The monoisotopic (exact) mass is 280 g/mol. The van der Waals surface area contributed by atoms with Gasteiger partial charge in [-0.25, -0.2) is 0 Å². The van der Waals surface area contributed by atoms with E-state index >= 15 is 0 Å². The van der Waals surface area contributed by atoms with E-state index in [1.165, 1.54) is 12.8 Å². The van der Waals surface area contributed by atoms with Crippen LogP contribution in [-0.4, -0.2) is 28.8 Å². The van der Waals surface area contributed by atoms with Gasteiger partial charge in [0.25, 0.3) is 0 Å². The summed E-state index contributed by atoms with van der Waals surface area (Å²) in [6, 6.07) is 5.58. The van der Waals surface area contributed by atoms with Gasteiger partial charge in [-0.15, -0.1) is 0 Å². The van der Waals surface area contributed by atoms with Crippen LogP contribution < -0.4 is 10.1 Å². The van der Waals surface area contributed by atoms with Gasteiger partial charge in [0.05, 0.1) is 17.6 Å². The first kappa shape index (κ1) is 14.7. The minimum Gasteiger partial charge on any atom is -0.487 e. The molecular formula is C14H20N2O4. The molecule has 1 aromatic carbocycles. The first-order valence-corrected chi connectivity index (χ1v) is 6.88. The smallest absolute Gasteiger partial charge is 0.311 e. The normalized spacial score (nSPS) is 15.9. The summed E-state index contributed by atoms with van der Waals surface area (Å²) in [5.41, 5.74) is 0.858. The average molecular weight is 280 g/mol. The third-order valence-corrected chi connectivity index (χ3v) is 3.19. The number of rotatable bonds is 8. The fourth-order valence-electron chi connectivity index (χ4n) is 1.83. The summed E-state index contributed by atoms with van der Waals surface area (Å²) in [6.45, 7) is 2.56. The molecule has 0 amide bonds. The van der Waals surface area contributed by atoms with Crippen LogP contribution in [0.3, 0.4) is 0 Å². The van der Waals surface area contributed by atoms with Gasteiger partial charge in [0.1, 0.15) is 0 Å². The minimum atomic E-state index is -0.476. The van der Waals surface area contributed by atoms with Crippen LogP contribution in [-0.2, 0) is 6.54 Å². The zero-order valence-electron chi connectivity index (χ0n) is 11.5. The highest BCUT2D eigenvalue weighted by Crippen LogP contribution is 2.28. The lowest BCUT2D eigenvalue weighted by molar-refractivity contribution is -0.385. The van der Waals surface area contributed by atoms with Gasteiger partial charge in [-0.3, -0.25) is 10.1 Å². The number of ether oxygens (including phenoxy) is 1. The number of aliphatic hydroxyl groups is 1. The molecule has 0 aromatic heterocycles. The molecule has 6 nitrogen and oxygen atoms in total. The largest absolute Gasteiger partial charge is 0.487 e. The lowest BCUT2D eigenvalue weighted by Crippen LogP contribution is -2.15. The number of nitro groups is 1. The van der Waals surface area contributed by atoms with Crippen molar-refractivity contribution in [2.24, 2.45) is 0 Å². The van der Waals surface area contributed by atoms with Crippen LogP contribution in [0, 0.1) is 10.1 Å². The van der Waals surface area contributed by atoms with Crippen molar-refractivity contribution in [1.82, 2.24) is 5.32 Å². The molecule has 20 heavy (non-hydrogen) atoms. The summed E-state index contributed by atoms with van der Waals surface area (Å²) in [4.78, 5) is 10.6. The topological polar surface area (TPSA) is 84.6 Å². The maximum absolute atomic E-state index is 11.1. The van der Waals surface area contributed by atoms with Gasteiger partial charge < -0.3 is 15.2 Å². The van der Waals surface area contributed by atoms with Crippen LogP contribution in [0.4, 0.5) is 5.69 Å². The third-order valence-electron chi connectivity index (χ3n) is 3.19.